The number of carbonyl (C=O) groups excluding carboxylic acids is 6. The molecule has 1 saturated heterocycles. The van der Waals surface area contributed by atoms with Crippen LogP contribution in [0, 0.1) is 23.7 Å². The summed E-state index contributed by atoms with van der Waals surface area (Å²) in [4.78, 5) is 103. The molecule has 1 aliphatic carbocycles. The van der Waals surface area contributed by atoms with Crippen LogP contribution in [0.25, 0.3) is 0 Å². The van der Waals surface area contributed by atoms with E-state index in [1.54, 1.807) is 65.0 Å². The Morgan fingerprint density at radius 1 is 0.870 bits per heavy atom. The van der Waals surface area contributed by atoms with E-state index >= 15 is 4.39 Å². The lowest BCUT2D eigenvalue weighted by Crippen LogP contribution is -2.60. The van der Waals surface area contributed by atoms with Crippen molar-refractivity contribution >= 4 is 41.3 Å². The number of nitrogens with one attached hydrogen (secondary N) is 4. The summed E-state index contributed by atoms with van der Waals surface area (Å²) in [6.45, 7) is 8.47. The van der Waals surface area contributed by atoms with Crippen molar-refractivity contribution in [3.63, 3.8) is 0 Å². The zero-order chi connectivity index (χ0) is 39.7. The Hall–Kier alpha value is -5.28. The number of benzene rings is 1. The normalized spacial score (nSPS) is 21.4. The van der Waals surface area contributed by atoms with Gasteiger partial charge in [-0.25, -0.2) is 14.2 Å². The summed E-state index contributed by atoms with van der Waals surface area (Å²) in [5.41, 5.74) is 0.624. The molecule has 1 unspecified atom stereocenters. The number of carboxylic acids is 1. The highest BCUT2D eigenvalue weighted by atomic mass is 19.1. The van der Waals surface area contributed by atoms with Gasteiger partial charge in [0, 0.05) is 31.3 Å². The minimum atomic E-state index is -1.41. The topological polar surface area (TPSA) is 217 Å². The van der Waals surface area contributed by atoms with Crippen molar-refractivity contribution < 1.29 is 43.1 Å². The van der Waals surface area contributed by atoms with E-state index in [4.69, 9.17) is 0 Å². The zero-order valence-corrected chi connectivity index (χ0v) is 31.2. The van der Waals surface area contributed by atoms with Crippen LogP contribution in [0.2, 0.25) is 0 Å². The molecule has 5 N–H and O–H groups in total. The van der Waals surface area contributed by atoms with E-state index < -0.39 is 101 Å². The number of hydrogen-bond acceptors (Lipinski definition) is 9. The van der Waals surface area contributed by atoms with Crippen LogP contribution >= 0.6 is 0 Å². The Morgan fingerprint density at radius 2 is 1.56 bits per heavy atom. The SMILES string of the molecule is CCCC(NC(=O)[C@@H]1[C@H]2CC[C@H](F)[C@H]2CN1C(=O)[C@@H](NC(=O)[C@H](NC(=O)c1cnccn1)C(C)C)C(C)C)C(=O)C(=O)N[C@@H](Cc1ccccc1)C(=O)O. The highest BCUT2D eigenvalue weighted by Crippen LogP contribution is 2.44. The van der Waals surface area contributed by atoms with Gasteiger partial charge in [0.15, 0.2) is 0 Å². The number of amides is 5. The first-order chi connectivity index (χ1) is 25.6. The number of rotatable bonds is 17. The van der Waals surface area contributed by atoms with Crippen LogP contribution in [-0.2, 0) is 35.2 Å². The molecular formula is C38H50FN7O8. The van der Waals surface area contributed by atoms with Crippen LogP contribution in [0.15, 0.2) is 48.9 Å². The Kier molecular flexibility index (Phi) is 14.3. The van der Waals surface area contributed by atoms with Crippen LogP contribution in [0.1, 0.15) is 76.4 Å². The number of alkyl halides is 1. The number of aromatic nitrogens is 2. The molecule has 2 aromatic rings. The maximum atomic E-state index is 15.2. The second-order valence-electron chi connectivity index (χ2n) is 14.6. The van der Waals surface area contributed by atoms with E-state index in [0.717, 1.165) is 0 Å². The summed E-state index contributed by atoms with van der Waals surface area (Å²) in [7, 11) is 0. The summed E-state index contributed by atoms with van der Waals surface area (Å²) in [5, 5.41) is 20.0. The lowest BCUT2D eigenvalue weighted by Gasteiger charge is -2.34. The fraction of sp³-hybridized carbons (Fsp3) is 0.553. The first kappa shape index (κ1) is 41.5. The molecule has 1 aromatic carbocycles. The maximum Gasteiger partial charge on any atom is 0.326 e. The molecule has 292 valence electrons. The van der Waals surface area contributed by atoms with Gasteiger partial charge in [0.05, 0.1) is 12.2 Å². The number of likely N-dealkylation sites (tertiary alicyclic amines) is 1. The first-order valence-corrected chi connectivity index (χ1v) is 18.4. The summed E-state index contributed by atoms with van der Waals surface area (Å²) in [6.07, 6.45) is 3.52. The largest absolute Gasteiger partial charge is 0.480 e. The van der Waals surface area contributed by atoms with E-state index in [1.165, 1.54) is 23.5 Å². The van der Waals surface area contributed by atoms with Crippen LogP contribution < -0.4 is 21.3 Å². The molecule has 1 saturated carbocycles. The molecule has 2 fully saturated rings. The summed E-state index contributed by atoms with van der Waals surface area (Å²) >= 11 is 0. The number of ketones is 1. The van der Waals surface area contributed by atoms with Gasteiger partial charge in [-0.15, -0.1) is 0 Å². The molecule has 54 heavy (non-hydrogen) atoms. The Labute approximate surface area is 313 Å². The Morgan fingerprint density at radius 3 is 2.15 bits per heavy atom. The number of carboxylic acid groups (broad SMARTS) is 1. The lowest BCUT2D eigenvalue weighted by atomic mass is 9.92. The molecule has 0 bridgehead atoms. The quantitative estimate of drug-likeness (QED) is 0.147. The van der Waals surface area contributed by atoms with Crippen molar-refractivity contribution in [1.29, 1.82) is 0 Å². The van der Waals surface area contributed by atoms with Crippen LogP contribution in [0.3, 0.4) is 0 Å². The van der Waals surface area contributed by atoms with E-state index in [9.17, 15) is 38.7 Å². The third-order valence-electron chi connectivity index (χ3n) is 10.1. The minimum Gasteiger partial charge on any atom is -0.480 e. The van der Waals surface area contributed by atoms with E-state index in [0.29, 0.717) is 18.4 Å². The number of Topliss-reactive ketones (excluding diaryl/α,β-unsaturated/α-hetero) is 1. The van der Waals surface area contributed by atoms with Gasteiger partial charge in [-0.2, -0.15) is 0 Å². The second-order valence-corrected chi connectivity index (χ2v) is 14.6. The molecule has 0 radical (unpaired) electrons. The molecular weight excluding hydrogens is 701 g/mol. The van der Waals surface area contributed by atoms with Gasteiger partial charge in [-0.3, -0.25) is 33.8 Å². The third kappa shape index (κ3) is 10.0. The summed E-state index contributed by atoms with van der Waals surface area (Å²) in [6, 6.07) is 2.35. The van der Waals surface area contributed by atoms with Crippen molar-refractivity contribution in [3.8, 4) is 0 Å². The number of halogens is 1. The number of nitrogens with zero attached hydrogens (tertiary/aromatic N) is 3. The molecule has 1 aliphatic heterocycles. The molecule has 16 heteroatoms. The lowest BCUT2D eigenvalue weighted by molar-refractivity contribution is -0.146. The third-order valence-corrected chi connectivity index (χ3v) is 10.1. The van der Waals surface area contributed by atoms with E-state index in [2.05, 4.69) is 31.2 Å². The van der Waals surface area contributed by atoms with Gasteiger partial charge >= 0.3 is 5.97 Å². The standard InChI is InChI=1S/C38H50FN7O8/c1-6-10-26(32(47)36(51)43-27(38(53)54)17-22-11-8-7-9-12-22)42-35(50)31-23-13-14-25(39)24(23)19-46(31)37(52)30(21(4)5)45-34(49)29(20(2)3)44-33(48)28-18-40-15-16-41-28/h7-9,11-12,15-16,18,20-21,23-27,29-31H,6,10,13-14,17,19H2,1-5H3,(H,42,50)(H,43,51)(H,44,48)(H,45,49)(H,53,54)/t23-,24-,25-,26?,27-,29+,30-,31-/m0/s1. The monoisotopic (exact) mass is 751 g/mol. The predicted octanol–water partition coefficient (Wildman–Crippen LogP) is 1.61. The molecule has 2 heterocycles. The molecule has 0 spiro atoms. The molecule has 8 atom stereocenters. The van der Waals surface area contributed by atoms with Crippen molar-refractivity contribution in [1.82, 2.24) is 36.1 Å². The second kappa shape index (κ2) is 18.7. The fourth-order valence-electron chi connectivity index (χ4n) is 7.18. The number of hydrogen-bond donors (Lipinski definition) is 5. The highest BCUT2D eigenvalue weighted by Gasteiger charge is 2.55. The molecule has 1 aromatic heterocycles. The van der Waals surface area contributed by atoms with Gasteiger partial charge < -0.3 is 31.3 Å². The van der Waals surface area contributed by atoms with Gasteiger partial charge in [-0.1, -0.05) is 71.4 Å². The summed E-state index contributed by atoms with van der Waals surface area (Å²) in [5.74, 6) is -8.41. The smallest absolute Gasteiger partial charge is 0.326 e. The molecule has 15 nitrogen and oxygen atoms in total. The highest BCUT2D eigenvalue weighted by molar-refractivity contribution is 6.38. The molecule has 5 amide bonds. The number of carbonyl (C=O) groups is 7. The van der Waals surface area contributed by atoms with Crippen molar-refractivity contribution in [2.75, 3.05) is 6.54 Å². The Bertz CT molecular complexity index is 1680. The van der Waals surface area contributed by atoms with Gasteiger partial charge in [0.25, 0.3) is 11.8 Å². The average molecular weight is 752 g/mol. The zero-order valence-electron chi connectivity index (χ0n) is 31.2. The van der Waals surface area contributed by atoms with E-state index in [-0.39, 0.29) is 31.5 Å². The van der Waals surface area contributed by atoms with Gasteiger partial charge in [0.1, 0.15) is 36.0 Å². The average Bonchev–Trinajstić information content (AvgIpc) is 3.71. The van der Waals surface area contributed by atoms with Crippen LogP contribution in [-0.4, -0.2) is 104 Å². The van der Waals surface area contributed by atoms with Crippen molar-refractivity contribution in [3.05, 3.63) is 60.2 Å². The Balaban J connectivity index is 1.52. The van der Waals surface area contributed by atoms with E-state index in [1.807, 2.05) is 0 Å². The summed E-state index contributed by atoms with van der Waals surface area (Å²) < 4.78 is 15.2. The fourth-order valence-corrected chi connectivity index (χ4v) is 7.18. The minimum absolute atomic E-state index is 0.00287. The van der Waals surface area contributed by atoms with Crippen molar-refractivity contribution in [2.24, 2.45) is 23.7 Å². The van der Waals surface area contributed by atoms with Crippen LogP contribution in [0.5, 0.6) is 0 Å². The van der Waals surface area contributed by atoms with Gasteiger partial charge in [0.2, 0.25) is 23.5 Å². The maximum absolute atomic E-state index is 15.2. The predicted molar refractivity (Wildman–Crippen MR) is 193 cm³/mol. The molecule has 4 rings (SSSR count). The number of aliphatic carboxylic acids is 1. The van der Waals surface area contributed by atoms with Crippen molar-refractivity contribution in [2.45, 2.75) is 103 Å². The van der Waals surface area contributed by atoms with Crippen LogP contribution in [0.4, 0.5) is 4.39 Å². The number of fused-ring (bicyclic) bond motifs is 1. The first-order valence-electron chi connectivity index (χ1n) is 18.4. The molecule has 2 aliphatic rings. The van der Waals surface area contributed by atoms with Gasteiger partial charge in [-0.05, 0) is 42.6 Å².